The molecule has 1 rings (SSSR count). The van der Waals surface area contributed by atoms with Gasteiger partial charge in [0.15, 0.2) is 17.9 Å². The minimum Gasteiger partial charge on any atom is -1.00 e. The monoisotopic (exact) mass is 180 g/mol. The summed E-state index contributed by atoms with van der Waals surface area (Å²) < 4.78 is 29.9. The molecule has 0 fully saturated rings. The molecule has 0 saturated heterocycles. The smallest absolute Gasteiger partial charge is 1.00 e. The summed E-state index contributed by atoms with van der Waals surface area (Å²) in [5.41, 5.74) is -0.391. The zero-order chi connectivity index (χ0) is 9.14. The SMILES string of the molecule is COc1ccc(F)c(F)c1C=O.[H-].[Li+]. The molecule has 0 aliphatic heterocycles. The minimum absolute atomic E-state index is 0. The first-order valence-corrected chi connectivity index (χ1v) is 3.18. The van der Waals surface area contributed by atoms with Crippen LogP contribution in [0.15, 0.2) is 12.1 Å². The van der Waals surface area contributed by atoms with Crippen molar-refractivity contribution in [1.82, 2.24) is 0 Å². The van der Waals surface area contributed by atoms with E-state index in [-0.39, 0.29) is 32.3 Å². The van der Waals surface area contributed by atoms with Crippen molar-refractivity contribution < 1.29 is 38.6 Å². The second-order valence-corrected chi connectivity index (χ2v) is 2.10. The molecule has 66 valence electrons. The van der Waals surface area contributed by atoms with Crippen LogP contribution in [0, 0.1) is 11.6 Å². The summed E-state index contributed by atoms with van der Waals surface area (Å²) >= 11 is 0. The number of methoxy groups -OCH3 is 1. The van der Waals surface area contributed by atoms with Gasteiger partial charge in [0.25, 0.3) is 0 Å². The van der Waals surface area contributed by atoms with E-state index in [2.05, 4.69) is 4.74 Å². The van der Waals surface area contributed by atoms with Gasteiger partial charge in [0.05, 0.1) is 12.7 Å². The van der Waals surface area contributed by atoms with Gasteiger partial charge < -0.3 is 6.16 Å². The first-order valence-electron chi connectivity index (χ1n) is 3.18. The second kappa shape index (κ2) is 5.00. The molecule has 0 aromatic heterocycles. The molecule has 1 aromatic carbocycles. The molecule has 0 N–H and O–H groups in total. The van der Waals surface area contributed by atoms with Crippen molar-refractivity contribution in [3.05, 3.63) is 29.3 Å². The third-order valence-electron chi connectivity index (χ3n) is 1.43. The molecule has 0 heterocycles. The fraction of sp³-hybridized carbons (Fsp3) is 0.125. The van der Waals surface area contributed by atoms with E-state index in [4.69, 9.17) is 0 Å². The maximum absolute atomic E-state index is 12.8. The molecule has 0 spiro atoms. The number of hydrogen-bond acceptors (Lipinski definition) is 2. The summed E-state index contributed by atoms with van der Waals surface area (Å²) in [6, 6.07) is 2.10. The van der Waals surface area contributed by atoms with E-state index in [1.165, 1.54) is 13.2 Å². The third kappa shape index (κ3) is 2.30. The molecule has 2 nitrogen and oxygen atoms in total. The molecule has 0 aliphatic rings. The van der Waals surface area contributed by atoms with Crippen molar-refractivity contribution in [2.45, 2.75) is 0 Å². The molecule has 0 unspecified atom stereocenters. The van der Waals surface area contributed by atoms with E-state index in [1.807, 2.05) is 0 Å². The van der Waals surface area contributed by atoms with Gasteiger partial charge in [-0.3, -0.25) is 4.79 Å². The minimum atomic E-state index is -1.18. The van der Waals surface area contributed by atoms with Crippen LogP contribution >= 0.6 is 0 Å². The Balaban J connectivity index is 0. The van der Waals surface area contributed by atoms with E-state index in [0.29, 0.717) is 0 Å². The van der Waals surface area contributed by atoms with Crippen molar-refractivity contribution in [3.8, 4) is 5.75 Å². The van der Waals surface area contributed by atoms with Gasteiger partial charge in [-0.05, 0) is 12.1 Å². The Morgan fingerprint density at radius 3 is 2.54 bits per heavy atom. The number of halogens is 2. The van der Waals surface area contributed by atoms with Gasteiger partial charge in [-0.25, -0.2) is 8.78 Å². The molecule has 13 heavy (non-hydrogen) atoms. The zero-order valence-corrected chi connectivity index (χ0v) is 7.30. The molecular weight excluding hydrogens is 173 g/mol. The van der Waals surface area contributed by atoms with Crippen LogP contribution in [0.3, 0.4) is 0 Å². The Morgan fingerprint density at radius 2 is 2.08 bits per heavy atom. The standard InChI is InChI=1S/C8H6F2O2.Li.H/c1-12-7-3-2-6(9)8(10)5(7)4-11;;/h2-4H,1H3;;/q;+1;-1. The number of benzene rings is 1. The molecule has 0 radical (unpaired) electrons. The molecule has 0 amide bonds. The topological polar surface area (TPSA) is 26.3 Å². The average Bonchev–Trinajstić information content (AvgIpc) is 2.09. The first-order chi connectivity index (χ1) is 5.70. The molecule has 0 saturated carbocycles. The molecule has 0 aliphatic carbocycles. The van der Waals surface area contributed by atoms with Gasteiger partial charge in [-0.15, -0.1) is 0 Å². The van der Waals surface area contributed by atoms with Crippen LogP contribution in [0.4, 0.5) is 8.78 Å². The van der Waals surface area contributed by atoms with Crippen molar-refractivity contribution in [3.63, 3.8) is 0 Å². The van der Waals surface area contributed by atoms with Crippen molar-refractivity contribution in [2.24, 2.45) is 0 Å². The zero-order valence-electron chi connectivity index (χ0n) is 8.30. The van der Waals surface area contributed by atoms with Crippen molar-refractivity contribution >= 4 is 6.29 Å². The van der Waals surface area contributed by atoms with Crippen molar-refractivity contribution in [1.29, 1.82) is 0 Å². The largest absolute Gasteiger partial charge is 1.00 e. The summed E-state index contributed by atoms with van der Waals surface area (Å²) in [5, 5.41) is 0. The Morgan fingerprint density at radius 1 is 1.46 bits per heavy atom. The summed E-state index contributed by atoms with van der Waals surface area (Å²) in [4.78, 5) is 10.3. The summed E-state index contributed by atoms with van der Waals surface area (Å²) in [6.45, 7) is 0. The van der Waals surface area contributed by atoms with Gasteiger partial charge in [-0.1, -0.05) is 0 Å². The number of rotatable bonds is 2. The first kappa shape index (κ1) is 12.1. The van der Waals surface area contributed by atoms with Gasteiger partial charge in [0.2, 0.25) is 0 Å². The molecule has 1 aromatic rings. The maximum atomic E-state index is 12.8. The average molecular weight is 180 g/mol. The fourth-order valence-electron chi connectivity index (χ4n) is 0.836. The van der Waals surface area contributed by atoms with E-state index >= 15 is 0 Å². The predicted octanol–water partition coefficient (Wildman–Crippen LogP) is -1.10. The number of carbonyl (C=O) groups is 1. The maximum Gasteiger partial charge on any atom is 1.00 e. The van der Waals surface area contributed by atoms with E-state index in [0.717, 1.165) is 6.07 Å². The summed E-state index contributed by atoms with van der Waals surface area (Å²) in [6.07, 6.45) is 0.219. The molecular formula is C8H7F2LiO2. The van der Waals surface area contributed by atoms with Crippen LogP contribution in [0.25, 0.3) is 0 Å². The molecule has 5 heteroatoms. The molecule has 0 atom stereocenters. The third-order valence-corrected chi connectivity index (χ3v) is 1.43. The summed E-state index contributed by atoms with van der Waals surface area (Å²) in [5.74, 6) is -2.20. The number of hydrogen-bond donors (Lipinski definition) is 0. The van der Waals surface area contributed by atoms with E-state index in [9.17, 15) is 13.6 Å². The second-order valence-electron chi connectivity index (χ2n) is 2.10. The Bertz CT molecular complexity index is 320. The fourth-order valence-corrected chi connectivity index (χ4v) is 0.836. The van der Waals surface area contributed by atoms with Crippen LogP contribution in [0.5, 0.6) is 5.75 Å². The predicted molar refractivity (Wildman–Crippen MR) is 39.4 cm³/mol. The number of ether oxygens (including phenoxy) is 1. The van der Waals surface area contributed by atoms with E-state index in [1.54, 1.807) is 0 Å². The van der Waals surface area contributed by atoms with Gasteiger partial charge in [0.1, 0.15) is 5.75 Å². The van der Waals surface area contributed by atoms with Crippen LogP contribution in [0.1, 0.15) is 11.8 Å². The van der Waals surface area contributed by atoms with Gasteiger partial charge in [-0.2, -0.15) is 0 Å². The van der Waals surface area contributed by atoms with Crippen LogP contribution in [-0.2, 0) is 0 Å². The van der Waals surface area contributed by atoms with Gasteiger partial charge in [0, 0.05) is 0 Å². The molecule has 0 bridgehead atoms. The van der Waals surface area contributed by atoms with Crippen molar-refractivity contribution in [2.75, 3.05) is 7.11 Å². The Kier molecular flexibility index (Phi) is 4.67. The van der Waals surface area contributed by atoms with Crippen LogP contribution in [-0.4, -0.2) is 13.4 Å². The van der Waals surface area contributed by atoms with Crippen LogP contribution < -0.4 is 23.6 Å². The normalized spacial score (nSPS) is 8.85. The Labute approximate surface area is 87.5 Å². The number of aldehydes is 1. The summed E-state index contributed by atoms with van der Waals surface area (Å²) in [7, 11) is 1.28. The van der Waals surface area contributed by atoms with Gasteiger partial charge >= 0.3 is 18.9 Å². The Hall–Kier alpha value is -0.853. The number of carbonyl (C=O) groups excluding carboxylic acids is 1. The van der Waals surface area contributed by atoms with E-state index < -0.39 is 17.2 Å². The van der Waals surface area contributed by atoms with Crippen LogP contribution in [0.2, 0.25) is 0 Å². The quantitative estimate of drug-likeness (QED) is 0.426.